The van der Waals surface area contributed by atoms with E-state index in [4.69, 9.17) is 17.3 Å². The van der Waals surface area contributed by atoms with Gasteiger partial charge >= 0.3 is 0 Å². The van der Waals surface area contributed by atoms with Crippen LogP contribution < -0.4 is 11.1 Å². The highest BCUT2D eigenvalue weighted by atomic mass is 35.5. The number of benzene rings is 1. The van der Waals surface area contributed by atoms with Crippen LogP contribution >= 0.6 is 11.6 Å². The second-order valence-corrected chi connectivity index (χ2v) is 6.61. The van der Waals surface area contributed by atoms with Gasteiger partial charge in [-0.3, -0.25) is 10.1 Å². The van der Waals surface area contributed by atoms with Crippen LogP contribution in [0.1, 0.15) is 19.3 Å². The molecule has 4 N–H and O–H groups in total. The van der Waals surface area contributed by atoms with Crippen LogP contribution in [0.25, 0.3) is 0 Å². The third-order valence-corrected chi connectivity index (χ3v) is 4.57. The molecule has 1 saturated carbocycles. The number of anilines is 2. The van der Waals surface area contributed by atoms with Crippen molar-refractivity contribution in [2.45, 2.75) is 25.3 Å². The van der Waals surface area contributed by atoms with Crippen molar-refractivity contribution in [2.24, 2.45) is 16.1 Å². The summed E-state index contributed by atoms with van der Waals surface area (Å²) in [4.78, 5) is 18.4. The molecule has 27 heavy (non-hydrogen) atoms. The zero-order valence-electron chi connectivity index (χ0n) is 14.2. The number of azo groups is 1. The second-order valence-electron chi connectivity index (χ2n) is 6.25. The van der Waals surface area contributed by atoms with Crippen molar-refractivity contribution in [1.29, 1.82) is 0 Å². The Morgan fingerprint density at radius 1 is 1.37 bits per heavy atom. The normalized spacial score (nSPS) is 19.5. The molecule has 1 aliphatic rings. The molecule has 1 aromatic heterocycles. The molecular formula is C16H18ClN7O3. The monoisotopic (exact) mass is 391 g/mol. The van der Waals surface area contributed by atoms with Crippen LogP contribution in [-0.4, -0.2) is 32.6 Å². The highest BCUT2D eigenvalue weighted by Crippen LogP contribution is 2.36. The lowest BCUT2D eigenvalue weighted by Crippen LogP contribution is -2.18. The molecule has 0 amide bonds. The number of aliphatic hydroxyl groups excluding tert-OH is 1. The predicted octanol–water partition coefficient (Wildman–Crippen LogP) is 3.61. The zero-order valence-corrected chi connectivity index (χ0v) is 15.0. The van der Waals surface area contributed by atoms with Crippen molar-refractivity contribution in [2.75, 3.05) is 17.7 Å². The molecule has 0 saturated heterocycles. The highest BCUT2D eigenvalue weighted by Gasteiger charge is 2.25. The van der Waals surface area contributed by atoms with Crippen molar-refractivity contribution in [3.63, 3.8) is 0 Å². The first-order chi connectivity index (χ1) is 13.0. The predicted molar refractivity (Wildman–Crippen MR) is 101 cm³/mol. The number of nitro benzene ring substituents is 1. The van der Waals surface area contributed by atoms with Gasteiger partial charge in [0.15, 0.2) is 16.7 Å². The Morgan fingerprint density at radius 2 is 2.19 bits per heavy atom. The van der Waals surface area contributed by atoms with Gasteiger partial charge in [-0.2, -0.15) is 15.1 Å². The maximum Gasteiger partial charge on any atom is 0.271 e. The number of nitrogens with zero attached hydrogens (tertiary/aromatic N) is 5. The summed E-state index contributed by atoms with van der Waals surface area (Å²) < 4.78 is 0. The van der Waals surface area contributed by atoms with E-state index in [9.17, 15) is 15.2 Å². The number of nitro groups is 1. The Kier molecular flexibility index (Phi) is 5.77. The first-order valence-corrected chi connectivity index (χ1v) is 8.70. The van der Waals surface area contributed by atoms with Crippen LogP contribution in [0, 0.1) is 16.0 Å². The van der Waals surface area contributed by atoms with Gasteiger partial charge < -0.3 is 16.2 Å². The van der Waals surface area contributed by atoms with Crippen LogP contribution in [0.4, 0.5) is 28.8 Å². The molecular weight excluding hydrogens is 374 g/mol. The number of nitrogens with one attached hydrogen (secondary N) is 1. The molecule has 10 nitrogen and oxygen atoms in total. The molecule has 1 aliphatic carbocycles. The molecule has 0 bridgehead atoms. The maximum atomic E-state index is 10.9. The molecule has 3 rings (SSSR count). The van der Waals surface area contributed by atoms with Gasteiger partial charge in [0.2, 0.25) is 5.95 Å². The van der Waals surface area contributed by atoms with E-state index in [1.807, 2.05) is 0 Å². The SMILES string of the molecule is Nc1nc(Cl)c(N=Nc2cccc([N+](=O)[O-])c2)c(N[C@H]2CC[C@@H](CO)C2)n1. The molecule has 1 aromatic carbocycles. The van der Waals surface area contributed by atoms with Gasteiger partial charge in [-0.05, 0) is 31.2 Å². The largest absolute Gasteiger partial charge is 0.396 e. The van der Waals surface area contributed by atoms with Crippen LogP contribution in [0.5, 0.6) is 0 Å². The minimum atomic E-state index is -0.511. The van der Waals surface area contributed by atoms with Crippen molar-refractivity contribution in [1.82, 2.24) is 9.97 Å². The first-order valence-electron chi connectivity index (χ1n) is 8.33. The van der Waals surface area contributed by atoms with E-state index in [0.717, 1.165) is 19.3 Å². The summed E-state index contributed by atoms with van der Waals surface area (Å²) in [6.07, 6.45) is 2.57. The average molecular weight is 392 g/mol. The number of hydrogen-bond donors (Lipinski definition) is 3. The summed E-state index contributed by atoms with van der Waals surface area (Å²) >= 11 is 6.15. The fourth-order valence-electron chi connectivity index (χ4n) is 2.97. The van der Waals surface area contributed by atoms with E-state index in [1.165, 1.54) is 18.2 Å². The summed E-state index contributed by atoms with van der Waals surface area (Å²) in [6.45, 7) is 0.143. The lowest BCUT2D eigenvalue weighted by molar-refractivity contribution is -0.384. The number of non-ortho nitro benzene ring substituents is 1. The standard InChI is InChI=1S/C16H18ClN7O3/c17-14-13(23-22-11-2-1-3-12(7-11)24(26)27)15(21-16(18)20-14)19-10-5-4-9(6-10)8-25/h1-3,7,9-10,25H,4-6,8H2,(H3,18,19,20,21)/t9-,10+/m1/s1. The molecule has 142 valence electrons. The van der Waals surface area contributed by atoms with E-state index in [2.05, 4.69) is 25.5 Å². The number of nitrogens with two attached hydrogens (primary N) is 1. The second kappa shape index (κ2) is 8.23. The van der Waals surface area contributed by atoms with Crippen molar-refractivity contribution in [3.05, 3.63) is 39.5 Å². The topological polar surface area (TPSA) is 152 Å². The summed E-state index contributed by atoms with van der Waals surface area (Å²) in [5, 5.41) is 31.5. The summed E-state index contributed by atoms with van der Waals surface area (Å²) in [7, 11) is 0. The first kappa shape index (κ1) is 18.9. The molecule has 2 atom stereocenters. The molecule has 0 aliphatic heterocycles. The molecule has 0 spiro atoms. The molecule has 1 fully saturated rings. The van der Waals surface area contributed by atoms with E-state index in [-0.39, 0.29) is 41.0 Å². The smallest absolute Gasteiger partial charge is 0.271 e. The molecule has 1 heterocycles. The molecule has 0 radical (unpaired) electrons. The van der Waals surface area contributed by atoms with Gasteiger partial charge in [0.25, 0.3) is 5.69 Å². The van der Waals surface area contributed by atoms with Gasteiger partial charge in [-0.15, -0.1) is 5.11 Å². The van der Waals surface area contributed by atoms with Gasteiger partial charge in [-0.1, -0.05) is 17.7 Å². The Hall–Kier alpha value is -2.85. The fourth-order valence-corrected chi connectivity index (χ4v) is 3.19. The number of nitrogen functional groups attached to an aromatic ring is 1. The van der Waals surface area contributed by atoms with Crippen LogP contribution in [-0.2, 0) is 0 Å². The van der Waals surface area contributed by atoms with E-state index >= 15 is 0 Å². The van der Waals surface area contributed by atoms with Crippen molar-refractivity contribution >= 4 is 40.4 Å². The summed E-state index contributed by atoms with van der Waals surface area (Å²) in [5.41, 5.74) is 6.08. The van der Waals surface area contributed by atoms with Gasteiger partial charge in [0, 0.05) is 24.8 Å². The van der Waals surface area contributed by atoms with E-state index in [0.29, 0.717) is 11.5 Å². The average Bonchev–Trinajstić information content (AvgIpc) is 3.08. The van der Waals surface area contributed by atoms with Gasteiger partial charge in [-0.25, -0.2) is 0 Å². The Balaban J connectivity index is 1.86. The third-order valence-electron chi connectivity index (χ3n) is 4.31. The van der Waals surface area contributed by atoms with Crippen molar-refractivity contribution < 1.29 is 10.0 Å². The van der Waals surface area contributed by atoms with Crippen LogP contribution in [0.3, 0.4) is 0 Å². The van der Waals surface area contributed by atoms with E-state index < -0.39 is 4.92 Å². The maximum absolute atomic E-state index is 10.9. The van der Waals surface area contributed by atoms with Crippen molar-refractivity contribution in [3.8, 4) is 0 Å². The molecule has 2 aromatic rings. The van der Waals surface area contributed by atoms with Gasteiger partial charge in [0.1, 0.15) is 0 Å². The molecule has 11 heteroatoms. The Labute approximate surface area is 159 Å². The quantitative estimate of drug-likeness (QED) is 0.294. The van der Waals surface area contributed by atoms with Gasteiger partial charge in [0.05, 0.1) is 10.6 Å². The summed E-state index contributed by atoms with van der Waals surface area (Å²) in [5.74, 6) is 0.575. The summed E-state index contributed by atoms with van der Waals surface area (Å²) in [6, 6.07) is 5.85. The highest BCUT2D eigenvalue weighted by molar-refractivity contribution is 6.32. The van der Waals surface area contributed by atoms with E-state index in [1.54, 1.807) is 6.07 Å². The Bertz CT molecular complexity index is 877. The number of aliphatic hydroxyl groups is 1. The fraction of sp³-hybridized carbons (Fsp3) is 0.375. The van der Waals surface area contributed by atoms with Crippen LogP contribution in [0.2, 0.25) is 5.15 Å². The number of halogens is 1. The number of rotatable bonds is 6. The zero-order chi connectivity index (χ0) is 19.4. The Morgan fingerprint density at radius 3 is 2.89 bits per heavy atom. The number of hydrogen-bond acceptors (Lipinski definition) is 9. The third kappa shape index (κ3) is 4.66. The number of aromatic nitrogens is 2. The minimum Gasteiger partial charge on any atom is -0.396 e. The lowest BCUT2D eigenvalue weighted by Gasteiger charge is -2.15. The molecule has 0 unspecified atom stereocenters. The minimum absolute atomic E-state index is 0.00601. The lowest BCUT2D eigenvalue weighted by atomic mass is 10.1. The van der Waals surface area contributed by atoms with Crippen LogP contribution in [0.15, 0.2) is 34.5 Å².